The van der Waals surface area contributed by atoms with Gasteiger partial charge in [0, 0.05) is 17.9 Å². The van der Waals surface area contributed by atoms with Crippen molar-refractivity contribution in [1.29, 1.82) is 0 Å². The van der Waals surface area contributed by atoms with Crippen molar-refractivity contribution in [3.63, 3.8) is 0 Å². The maximum Gasteiger partial charge on any atom is 0.450 e. The smallest absolute Gasteiger partial charge is 0.379 e. The second-order valence-corrected chi connectivity index (χ2v) is 10.00. The van der Waals surface area contributed by atoms with Crippen LogP contribution in [0.1, 0.15) is 36.3 Å². The van der Waals surface area contributed by atoms with Crippen LogP contribution in [0.4, 0.5) is 17.6 Å². The number of nitrogens with zero attached hydrogens (tertiary/aromatic N) is 4. The van der Waals surface area contributed by atoms with E-state index in [1.807, 2.05) is 12.1 Å². The van der Waals surface area contributed by atoms with E-state index in [9.17, 15) is 27.2 Å². The van der Waals surface area contributed by atoms with Crippen molar-refractivity contribution in [2.75, 3.05) is 13.2 Å². The number of hydrogen-bond acceptors (Lipinski definition) is 6. The molecule has 1 aromatic heterocycles. The van der Waals surface area contributed by atoms with Gasteiger partial charge in [0.25, 0.3) is 0 Å². The van der Waals surface area contributed by atoms with E-state index in [-0.39, 0.29) is 55.5 Å². The zero-order valence-electron chi connectivity index (χ0n) is 20.1. The largest absolute Gasteiger partial charge is 0.450 e. The summed E-state index contributed by atoms with van der Waals surface area (Å²) in [6.07, 6.45) is -4.61. The summed E-state index contributed by atoms with van der Waals surface area (Å²) in [5, 5.41) is 12.0. The first-order valence-electron chi connectivity index (χ1n) is 11.5. The van der Waals surface area contributed by atoms with Crippen molar-refractivity contribution in [3.05, 3.63) is 52.3 Å². The van der Waals surface area contributed by atoms with Gasteiger partial charge in [-0.05, 0) is 58.4 Å². The Bertz CT molecular complexity index is 1410. The van der Waals surface area contributed by atoms with E-state index in [0.29, 0.717) is 24.0 Å². The molecule has 0 saturated carbocycles. The van der Waals surface area contributed by atoms with Gasteiger partial charge in [-0.1, -0.05) is 29.8 Å². The number of ketones is 2. The highest BCUT2D eigenvalue weighted by atomic mass is 35.5. The summed E-state index contributed by atoms with van der Waals surface area (Å²) >= 11 is 6.14. The number of halogens is 5. The molecule has 13 heteroatoms. The highest BCUT2D eigenvalue weighted by Gasteiger charge is 2.52. The summed E-state index contributed by atoms with van der Waals surface area (Å²) in [6, 6.07) is 8.30. The van der Waals surface area contributed by atoms with Crippen LogP contribution in [0, 0.1) is 11.2 Å². The predicted molar refractivity (Wildman–Crippen MR) is 135 cm³/mol. The van der Waals surface area contributed by atoms with E-state index in [1.165, 1.54) is 10.9 Å². The molecule has 38 heavy (non-hydrogen) atoms. The van der Waals surface area contributed by atoms with Crippen molar-refractivity contribution >= 4 is 36.7 Å². The molecule has 0 amide bonds. The second-order valence-electron chi connectivity index (χ2n) is 9.56. The molecule has 2 heterocycles. The number of hydrogen-bond donors (Lipinski definition) is 0. The van der Waals surface area contributed by atoms with Crippen molar-refractivity contribution in [2.24, 2.45) is 12.5 Å². The minimum absolute atomic E-state index is 0. The molecule has 202 valence electrons. The third kappa shape index (κ3) is 5.21. The number of carbonyl (C=O) groups excluding carboxylic acids is 2. The Morgan fingerprint density at radius 2 is 1.95 bits per heavy atom. The Kier molecular flexibility index (Phi) is 7.70. The van der Waals surface area contributed by atoms with Crippen LogP contribution >= 0.6 is 25.1 Å². The zero-order valence-corrected chi connectivity index (χ0v) is 21.9. The maximum atomic E-state index is 14.9. The normalized spacial score (nSPS) is 17.9. The van der Waals surface area contributed by atoms with Gasteiger partial charge in [-0.2, -0.15) is 31.5 Å². The van der Waals surface area contributed by atoms with Crippen LogP contribution in [0.2, 0.25) is 5.02 Å². The van der Waals surface area contributed by atoms with Gasteiger partial charge >= 0.3 is 6.18 Å². The molecule has 5 rings (SSSR count). The van der Waals surface area contributed by atoms with Crippen LogP contribution in [0.5, 0.6) is 0 Å². The molecule has 1 aliphatic heterocycles. The first kappa shape index (κ1) is 28.2. The summed E-state index contributed by atoms with van der Waals surface area (Å²) in [4.78, 5) is 25.9. The summed E-state index contributed by atoms with van der Waals surface area (Å²) in [6.45, 7) is -0.378. The lowest BCUT2D eigenvalue weighted by Crippen LogP contribution is -2.52. The predicted octanol–water partition coefficient (Wildman–Crippen LogP) is 4.98. The first-order valence-corrected chi connectivity index (χ1v) is 11.9. The quantitative estimate of drug-likeness (QED) is 0.373. The van der Waals surface area contributed by atoms with E-state index >= 15 is 0 Å². The van der Waals surface area contributed by atoms with Crippen molar-refractivity contribution < 1.29 is 31.9 Å². The molecular formula is C25H23ClF4N4O3S. The van der Waals surface area contributed by atoms with E-state index in [1.54, 1.807) is 19.2 Å². The molecule has 3 aromatic rings. The molecule has 1 atom stereocenters. The third-order valence-electron chi connectivity index (χ3n) is 7.04. The highest BCUT2D eigenvalue weighted by molar-refractivity contribution is 7.59. The zero-order chi connectivity index (χ0) is 26.5. The van der Waals surface area contributed by atoms with Crippen LogP contribution in [0.15, 0.2) is 30.3 Å². The number of aromatic nitrogens is 4. The van der Waals surface area contributed by atoms with Crippen LogP contribution in [0.25, 0.3) is 22.5 Å². The molecular weight excluding hydrogens is 548 g/mol. The number of alkyl halides is 3. The number of aryl methyl sites for hydroxylation is 2. The van der Waals surface area contributed by atoms with Crippen LogP contribution < -0.4 is 0 Å². The SMILES string of the molecule is Cn1nnc(-c2c(F)cc(Cl)cc2-c2ccc3c(c2)CC[C@@H]3CC(=O)C2(CC(=O)C(F)(F)F)COC2)n1.S. The standard InChI is InChI=1S/C25H21ClF4N4O3.H2S/c1-34-32-23(31-33-34)22-18(8-16(26)9-19(22)27)14-4-5-17-13(6-14)2-3-15(17)7-20(35)24(11-37-12-24)10-21(36)25(28,29)30;/h4-6,8-9,15H,2-3,7,10-12H2,1H3;1H2/t15-;/m1./s1. The molecule has 0 bridgehead atoms. The fourth-order valence-corrected chi connectivity index (χ4v) is 5.26. The summed E-state index contributed by atoms with van der Waals surface area (Å²) in [7, 11) is 1.57. The lowest BCUT2D eigenvalue weighted by atomic mass is 9.73. The van der Waals surface area contributed by atoms with Gasteiger partial charge in [-0.15, -0.1) is 10.2 Å². The highest BCUT2D eigenvalue weighted by Crippen LogP contribution is 2.44. The fraction of sp³-hybridized carbons (Fsp3) is 0.400. The first-order chi connectivity index (χ1) is 17.5. The van der Waals surface area contributed by atoms with Gasteiger partial charge in [-0.25, -0.2) is 4.39 Å². The van der Waals surface area contributed by atoms with Gasteiger partial charge < -0.3 is 4.74 Å². The van der Waals surface area contributed by atoms with Gasteiger partial charge in [0.1, 0.15) is 11.6 Å². The number of ether oxygens (including phenoxy) is 1. The second kappa shape index (κ2) is 10.4. The fourth-order valence-electron chi connectivity index (χ4n) is 5.06. The number of fused-ring (bicyclic) bond motifs is 1. The van der Waals surface area contributed by atoms with E-state index < -0.39 is 35.4 Å². The Hall–Kier alpha value is -2.83. The minimum Gasteiger partial charge on any atom is -0.379 e. The lowest BCUT2D eigenvalue weighted by molar-refractivity contribution is -0.186. The molecule has 0 radical (unpaired) electrons. The van der Waals surface area contributed by atoms with Crippen molar-refractivity contribution in [3.8, 4) is 22.5 Å². The van der Waals surface area contributed by atoms with Gasteiger partial charge in [0.2, 0.25) is 11.6 Å². The van der Waals surface area contributed by atoms with Crippen molar-refractivity contribution in [1.82, 2.24) is 20.2 Å². The van der Waals surface area contributed by atoms with Crippen LogP contribution in [0.3, 0.4) is 0 Å². The third-order valence-corrected chi connectivity index (χ3v) is 7.26. The number of carbonyl (C=O) groups is 2. The summed E-state index contributed by atoms with van der Waals surface area (Å²) < 4.78 is 58.5. The Morgan fingerprint density at radius 1 is 1.21 bits per heavy atom. The number of tetrazole rings is 1. The molecule has 7 nitrogen and oxygen atoms in total. The molecule has 1 aliphatic carbocycles. The van der Waals surface area contributed by atoms with E-state index in [4.69, 9.17) is 16.3 Å². The summed E-state index contributed by atoms with van der Waals surface area (Å²) in [5.41, 5.74) is 1.73. The van der Waals surface area contributed by atoms with Gasteiger partial charge in [0.15, 0.2) is 0 Å². The molecule has 2 aliphatic rings. The molecule has 0 N–H and O–H groups in total. The van der Waals surface area contributed by atoms with E-state index in [2.05, 4.69) is 15.4 Å². The summed E-state index contributed by atoms with van der Waals surface area (Å²) in [5.74, 6) is -3.00. The average molecular weight is 571 g/mol. The molecule has 0 unspecified atom stereocenters. The molecule has 0 spiro atoms. The van der Waals surface area contributed by atoms with Crippen LogP contribution in [-0.2, 0) is 27.8 Å². The number of Topliss-reactive ketones (excluding diaryl/α,β-unsaturated/α-hetero) is 2. The Morgan fingerprint density at radius 3 is 2.55 bits per heavy atom. The Balaban J connectivity index is 0.00000336. The Labute approximate surface area is 226 Å². The maximum absolute atomic E-state index is 14.9. The number of rotatable bonds is 7. The van der Waals surface area contributed by atoms with Crippen molar-refractivity contribution in [2.45, 2.75) is 37.8 Å². The van der Waals surface area contributed by atoms with Gasteiger partial charge in [0.05, 0.1) is 31.2 Å². The number of benzene rings is 2. The monoisotopic (exact) mass is 570 g/mol. The van der Waals surface area contributed by atoms with Gasteiger partial charge in [-0.3, -0.25) is 9.59 Å². The van der Waals surface area contributed by atoms with E-state index in [0.717, 1.165) is 11.1 Å². The van der Waals surface area contributed by atoms with Crippen LogP contribution in [-0.4, -0.2) is 51.2 Å². The molecule has 1 saturated heterocycles. The molecule has 2 aromatic carbocycles. The topological polar surface area (TPSA) is 87.0 Å². The lowest BCUT2D eigenvalue weighted by Gasteiger charge is -2.40. The minimum atomic E-state index is -4.99. The molecule has 1 fully saturated rings. The average Bonchev–Trinajstić information content (AvgIpc) is 3.40.